The average Bonchev–Trinajstić information content (AvgIpc) is 2.76. The highest BCUT2D eigenvalue weighted by Gasteiger charge is 2.16. The van der Waals surface area contributed by atoms with Gasteiger partial charge in [0.15, 0.2) is 11.0 Å². The van der Waals surface area contributed by atoms with E-state index in [2.05, 4.69) is 20.4 Å². The van der Waals surface area contributed by atoms with Crippen molar-refractivity contribution in [1.82, 2.24) is 19.7 Å². The number of aromatic nitrogens is 4. The molecule has 0 radical (unpaired) electrons. The summed E-state index contributed by atoms with van der Waals surface area (Å²) in [4.78, 5) is 19.7. The van der Waals surface area contributed by atoms with Gasteiger partial charge in [-0.1, -0.05) is 30.1 Å². The Morgan fingerprint density at radius 3 is 2.79 bits per heavy atom. The largest absolute Gasteiger partial charge is 0.304 e. The SMILES string of the molecule is CCc1cc(C(=O)Nc2ncnc(Cl)c2Cl)n(C)n1. The molecule has 0 aliphatic heterocycles. The van der Waals surface area contributed by atoms with Crippen molar-refractivity contribution in [2.24, 2.45) is 7.05 Å². The minimum Gasteiger partial charge on any atom is -0.304 e. The van der Waals surface area contributed by atoms with E-state index in [9.17, 15) is 4.79 Å². The fourth-order valence-electron chi connectivity index (χ4n) is 1.52. The van der Waals surface area contributed by atoms with Crippen molar-refractivity contribution in [2.45, 2.75) is 13.3 Å². The molecule has 0 aliphatic rings. The molecule has 0 fully saturated rings. The van der Waals surface area contributed by atoms with Crippen molar-refractivity contribution in [2.75, 3.05) is 5.32 Å². The number of aryl methyl sites for hydroxylation is 2. The number of amides is 1. The molecular formula is C11H11Cl2N5O. The Morgan fingerprint density at radius 1 is 1.42 bits per heavy atom. The van der Waals surface area contributed by atoms with E-state index in [1.807, 2.05) is 6.92 Å². The summed E-state index contributed by atoms with van der Waals surface area (Å²) in [5.41, 5.74) is 1.25. The van der Waals surface area contributed by atoms with Crippen LogP contribution in [0.5, 0.6) is 0 Å². The lowest BCUT2D eigenvalue weighted by molar-refractivity contribution is 0.101. The summed E-state index contributed by atoms with van der Waals surface area (Å²) in [6.07, 6.45) is 1.98. The Morgan fingerprint density at radius 2 is 2.16 bits per heavy atom. The van der Waals surface area contributed by atoms with Crippen LogP contribution in [-0.2, 0) is 13.5 Å². The smallest absolute Gasteiger partial charge is 0.275 e. The number of rotatable bonds is 3. The third-order valence-corrected chi connectivity index (χ3v) is 3.25. The van der Waals surface area contributed by atoms with Crippen LogP contribution in [0.1, 0.15) is 23.1 Å². The van der Waals surface area contributed by atoms with Crippen LogP contribution in [0.2, 0.25) is 10.2 Å². The molecule has 0 atom stereocenters. The van der Waals surface area contributed by atoms with Crippen molar-refractivity contribution in [1.29, 1.82) is 0 Å². The second-order valence-corrected chi connectivity index (χ2v) is 4.52. The maximum atomic E-state index is 12.1. The van der Waals surface area contributed by atoms with Gasteiger partial charge in [0, 0.05) is 7.05 Å². The Kier molecular flexibility index (Phi) is 4.01. The summed E-state index contributed by atoms with van der Waals surface area (Å²) in [5, 5.41) is 6.97. The van der Waals surface area contributed by atoms with E-state index < -0.39 is 0 Å². The standard InChI is InChI=1S/C11H11Cl2N5O/c1-3-6-4-7(18(2)17-6)11(19)16-10-8(12)9(13)14-5-15-10/h4-5H,3H2,1-2H3,(H,14,15,16,19). The van der Waals surface area contributed by atoms with Crippen LogP contribution < -0.4 is 5.32 Å². The molecule has 1 N–H and O–H groups in total. The number of hydrogen-bond donors (Lipinski definition) is 1. The first-order valence-corrected chi connectivity index (χ1v) is 6.28. The second-order valence-electron chi connectivity index (χ2n) is 3.78. The molecule has 2 aromatic rings. The number of nitrogens with one attached hydrogen (secondary N) is 1. The lowest BCUT2D eigenvalue weighted by Crippen LogP contribution is -2.17. The van der Waals surface area contributed by atoms with E-state index in [0.29, 0.717) is 5.69 Å². The average molecular weight is 300 g/mol. The lowest BCUT2D eigenvalue weighted by Gasteiger charge is -2.06. The Balaban J connectivity index is 2.25. The van der Waals surface area contributed by atoms with Crippen LogP contribution >= 0.6 is 23.2 Å². The van der Waals surface area contributed by atoms with Gasteiger partial charge in [-0.05, 0) is 12.5 Å². The van der Waals surface area contributed by atoms with Gasteiger partial charge in [-0.2, -0.15) is 5.10 Å². The number of carbonyl (C=O) groups is 1. The van der Waals surface area contributed by atoms with Gasteiger partial charge >= 0.3 is 0 Å². The summed E-state index contributed by atoms with van der Waals surface area (Å²) >= 11 is 11.7. The monoisotopic (exact) mass is 299 g/mol. The van der Waals surface area contributed by atoms with Crippen LogP contribution in [0, 0.1) is 0 Å². The molecule has 0 aromatic carbocycles. The predicted molar refractivity (Wildman–Crippen MR) is 72.6 cm³/mol. The van der Waals surface area contributed by atoms with Crippen LogP contribution in [0.25, 0.3) is 0 Å². The van der Waals surface area contributed by atoms with Crippen molar-refractivity contribution >= 4 is 34.9 Å². The molecule has 2 rings (SSSR count). The number of anilines is 1. The number of halogens is 2. The van der Waals surface area contributed by atoms with Gasteiger partial charge in [0.05, 0.1) is 5.69 Å². The van der Waals surface area contributed by atoms with Crippen LogP contribution in [-0.4, -0.2) is 25.7 Å². The molecular weight excluding hydrogens is 289 g/mol. The van der Waals surface area contributed by atoms with Crippen LogP contribution in [0.3, 0.4) is 0 Å². The zero-order chi connectivity index (χ0) is 14.0. The molecule has 0 saturated carbocycles. The molecule has 0 unspecified atom stereocenters. The molecule has 2 aromatic heterocycles. The second kappa shape index (κ2) is 5.54. The van der Waals surface area contributed by atoms with E-state index in [4.69, 9.17) is 23.2 Å². The minimum atomic E-state index is -0.355. The first kappa shape index (κ1) is 13.8. The fraction of sp³-hybridized carbons (Fsp3) is 0.273. The zero-order valence-electron chi connectivity index (χ0n) is 10.3. The van der Waals surface area contributed by atoms with Crippen molar-refractivity contribution in [3.8, 4) is 0 Å². The van der Waals surface area contributed by atoms with Crippen molar-refractivity contribution in [3.05, 3.63) is 34.0 Å². The maximum Gasteiger partial charge on any atom is 0.275 e. The van der Waals surface area contributed by atoms with E-state index in [0.717, 1.165) is 12.1 Å². The fourth-order valence-corrected chi connectivity index (χ4v) is 1.80. The molecule has 0 bridgehead atoms. The first-order valence-electron chi connectivity index (χ1n) is 5.53. The van der Waals surface area contributed by atoms with Gasteiger partial charge in [-0.3, -0.25) is 9.48 Å². The number of hydrogen-bond acceptors (Lipinski definition) is 4. The summed E-state index contributed by atoms with van der Waals surface area (Å²) in [6, 6.07) is 1.71. The molecule has 19 heavy (non-hydrogen) atoms. The third kappa shape index (κ3) is 2.85. The normalized spacial score (nSPS) is 10.5. The van der Waals surface area contributed by atoms with E-state index in [1.54, 1.807) is 13.1 Å². The van der Waals surface area contributed by atoms with Gasteiger partial charge < -0.3 is 5.32 Å². The number of carbonyl (C=O) groups excluding carboxylic acids is 1. The first-order chi connectivity index (χ1) is 9.02. The molecule has 0 spiro atoms. The lowest BCUT2D eigenvalue weighted by atomic mass is 10.3. The summed E-state index contributed by atoms with van der Waals surface area (Å²) in [6.45, 7) is 1.96. The molecule has 1 amide bonds. The topological polar surface area (TPSA) is 72.7 Å². The molecule has 6 nitrogen and oxygen atoms in total. The summed E-state index contributed by atoms with van der Waals surface area (Å²) in [7, 11) is 1.70. The van der Waals surface area contributed by atoms with E-state index in [-0.39, 0.29) is 21.9 Å². The predicted octanol–water partition coefficient (Wildman–Crippen LogP) is 2.33. The van der Waals surface area contributed by atoms with Gasteiger partial charge in [-0.15, -0.1) is 0 Å². The quantitative estimate of drug-likeness (QED) is 0.883. The molecule has 100 valence electrons. The van der Waals surface area contributed by atoms with E-state index >= 15 is 0 Å². The highest BCUT2D eigenvalue weighted by atomic mass is 35.5. The minimum absolute atomic E-state index is 0.0891. The van der Waals surface area contributed by atoms with Gasteiger partial charge in [0.2, 0.25) is 0 Å². The Labute approximate surface area is 119 Å². The maximum absolute atomic E-state index is 12.1. The molecule has 0 aliphatic carbocycles. The summed E-state index contributed by atoms with van der Waals surface area (Å²) in [5.74, 6) is -0.183. The number of nitrogens with zero attached hydrogens (tertiary/aromatic N) is 4. The van der Waals surface area contributed by atoms with Gasteiger partial charge in [0.25, 0.3) is 5.91 Å². The highest BCUT2D eigenvalue weighted by Crippen LogP contribution is 2.25. The third-order valence-electron chi connectivity index (χ3n) is 2.50. The molecule has 2 heterocycles. The van der Waals surface area contributed by atoms with Crippen LogP contribution in [0.15, 0.2) is 12.4 Å². The Hall–Kier alpha value is -1.66. The zero-order valence-corrected chi connectivity index (χ0v) is 11.8. The molecule has 8 heteroatoms. The molecule has 0 saturated heterocycles. The highest BCUT2D eigenvalue weighted by molar-refractivity contribution is 6.43. The Bertz CT molecular complexity index is 626. The van der Waals surface area contributed by atoms with Crippen molar-refractivity contribution in [3.63, 3.8) is 0 Å². The van der Waals surface area contributed by atoms with E-state index in [1.165, 1.54) is 11.0 Å². The van der Waals surface area contributed by atoms with Crippen LogP contribution in [0.4, 0.5) is 5.82 Å². The van der Waals surface area contributed by atoms with Gasteiger partial charge in [-0.25, -0.2) is 9.97 Å². The van der Waals surface area contributed by atoms with Gasteiger partial charge in [0.1, 0.15) is 17.0 Å². The summed E-state index contributed by atoms with van der Waals surface area (Å²) < 4.78 is 1.50. The van der Waals surface area contributed by atoms with Crippen molar-refractivity contribution < 1.29 is 4.79 Å².